The second kappa shape index (κ2) is 7.24. The number of carbonyl (C=O) groups is 1. The van der Waals surface area contributed by atoms with Gasteiger partial charge >= 0.3 is 12.6 Å². The summed E-state index contributed by atoms with van der Waals surface area (Å²) in [5.74, 6) is -0.732. The molecule has 0 unspecified atom stereocenters. The van der Waals surface area contributed by atoms with Gasteiger partial charge in [-0.05, 0) is 30.7 Å². The van der Waals surface area contributed by atoms with E-state index in [0.29, 0.717) is 5.56 Å². The number of rotatable bonds is 6. The first-order valence-corrected chi connectivity index (χ1v) is 8.96. The van der Waals surface area contributed by atoms with Crippen molar-refractivity contribution < 1.29 is 31.5 Å². The van der Waals surface area contributed by atoms with E-state index in [1.54, 1.807) is 6.92 Å². The predicted molar refractivity (Wildman–Crippen MR) is 82.6 cm³/mol. The van der Waals surface area contributed by atoms with Crippen LogP contribution in [0, 0.1) is 0 Å². The summed E-state index contributed by atoms with van der Waals surface area (Å²) in [4.78, 5) is 12.0. The Morgan fingerprint density at radius 3 is 2.38 bits per heavy atom. The molecule has 1 aromatic carbocycles. The highest BCUT2D eigenvalue weighted by Gasteiger charge is 2.19. The Morgan fingerprint density at radius 2 is 1.88 bits per heavy atom. The van der Waals surface area contributed by atoms with Gasteiger partial charge < -0.3 is 9.47 Å². The van der Waals surface area contributed by atoms with Crippen LogP contribution in [0.2, 0.25) is 0 Å². The summed E-state index contributed by atoms with van der Waals surface area (Å²) in [6, 6.07) is 6.76. The molecule has 0 saturated heterocycles. The van der Waals surface area contributed by atoms with Crippen LogP contribution in [0.25, 0.3) is 0 Å². The van der Waals surface area contributed by atoms with Crippen LogP contribution in [0.4, 0.5) is 8.78 Å². The molecule has 0 bridgehead atoms. The quantitative estimate of drug-likeness (QED) is 0.781. The summed E-state index contributed by atoms with van der Waals surface area (Å²) in [6.45, 7) is -1.33. The highest BCUT2D eigenvalue weighted by molar-refractivity contribution is 7.91. The first-order valence-electron chi connectivity index (χ1n) is 6.54. The van der Waals surface area contributed by atoms with E-state index in [4.69, 9.17) is 9.88 Å². The third-order valence-corrected chi connectivity index (χ3v) is 5.34. The molecule has 2 N–H and O–H groups in total. The SMILES string of the molecule is C[C@H](OC(=O)c1csc(S(N)(=O)=O)c1)c1ccc(OC(F)F)cc1. The van der Waals surface area contributed by atoms with Crippen molar-refractivity contribution in [2.45, 2.75) is 23.8 Å². The molecule has 130 valence electrons. The lowest BCUT2D eigenvalue weighted by molar-refractivity contribution is -0.0498. The molecule has 0 spiro atoms. The number of esters is 1. The van der Waals surface area contributed by atoms with E-state index in [-0.39, 0.29) is 15.5 Å². The van der Waals surface area contributed by atoms with E-state index in [1.165, 1.54) is 29.6 Å². The molecule has 0 aliphatic heterocycles. The zero-order valence-electron chi connectivity index (χ0n) is 12.3. The minimum Gasteiger partial charge on any atom is -0.454 e. The summed E-state index contributed by atoms with van der Waals surface area (Å²) in [5.41, 5.74) is 0.625. The Labute approximate surface area is 140 Å². The minimum absolute atomic E-state index is 0.0112. The van der Waals surface area contributed by atoms with Crippen LogP contribution in [-0.4, -0.2) is 21.0 Å². The Hall–Kier alpha value is -2.04. The number of carbonyl (C=O) groups excluding carboxylic acids is 1. The molecule has 1 aromatic heterocycles. The fourth-order valence-corrected chi connectivity index (χ4v) is 3.36. The first-order chi connectivity index (χ1) is 11.2. The largest absolute Gasteiger partial charge is 0.454 e. The molecule has 0 amide bonds. The van der Waals surface area contributed by atoms with Gasteiger partial charge in [0.1, 0.15) is 16.1 Å². The van der Waals surface area contributed by atoms with Crippen LogP contribution in [0.15, 0.2) is 39.9 Å². The van der Waals surface area contributed by atoms with E-state index < -0.39 is 28.7 Å². The van der Waals surface area contributed by atoms with Crippen molar-refractivity contribution >= 4 is 27.3 Å². The number of benzene rings is 1. The van der Waals surface area contributed by atoms with Gasteiger partial charge in [0, 0.05) is 5.38 Å². The van der Waals surface area contributed by atoms with Crippen molar-refractivity contribution in [3.05, 3.63) is 46.8 Å². The third-order valence-electron chi connectivity index (χ3n) is 2.95. The van der Waals surface area contributed by atoms with Crippen molar-refractivity contribution in [2.75, 3.05) is 0 Å². The molecule has 0 radical (unpaired) electrons. The topological polar surface area (TPSA) is 95.7 Å². The van der Waals surface area contributed by atoms with Gasteiger partial charge in [-0.2, -0.15) is 8.78 Å². The van der Waals surface area contributed by atoms with E-state index in [1.807, 2.05) is 0 Å². The molecule has 6 nitrogen and oxygen atoms in total. The Bertz CT molecular complexity index is 818. The van der Waals surface area contributed by atoms with Crippen molar-refractivity contribution in [2.24, 2.45) is 5.14 Å². The van der Waals surface area contributed by atoms with E-state index in [2.05, 4.69) is 4.74 Å². The van der Waals surface area contributed by atoms with Crippen LogP contribution in [-0.2, 0) is 14.8 Å². The zero-order valence-corrected chi connectivity index (χ0v) is 13.9. The molecule has 24 heavy (non-hydrogen) atoms. The summed E-state index contributed by atoms with van der Waals surface area (Å²) in [7, 11) is -3.88. The molecular weight excluding hydrogens is 364 g/mol. The van der Waals surface area contributed by atoms with Gasteiger partial charge in [-0.25, -0.2) is 18.4 Å². The van der Waals surface area contributed by atoms with Gasteiger partial charge in [0.2, 0.25) is 10.0 Å². The van der Waals surface area contributed by atoms with E-state index >= 15 is 0 Å². The highest BCUT2D eigenvalue weighted by atomic mass is 32.2. The summed E-state index contributed by atoms with van der Waals surface area (Å²) in [6.07, 6.45) is -0.670. The number of ether oxygens (including phenoxy) is 2. The molecule has 10 heteroatoms. The number of sulfonamides is 1. The van der Waals surface area contributed by atoms with Crippen LogP contribution < -0.4 is 9.88 Å². The van der Waals surface area contributed by atoms with Crippen LogP contribution in [0.1, 0.15) is 28.9 Å². The Balaban J connectivity index is 2.04. The van der Waals surface area contributed by atoms with E-state index in [0.717, 1.165) is 17.4 Å². The second-order valence-electron chi connectivity index (χ2n) is 4.69. The minimum atomic E-state index is -3.88. The normalized spacial score (nSPS) is 12.9. The van der Waals surface area contributed by atoms with E-state index in [9.17, 15) is 22.0 Å². The second-order valence-corrected chi connectivity index (χ2v) is 7.39. The smallest absolute Gasteiger partial charge is 0.387 e. The van der Waals surface area contributed by atoms with Crippen LogP contribution >= 0.6 is 11.3 Å². The monoisotopic (exact) mass is 377 g/mol. The maximum Gasteiger partial charge on any atom is 0.387 e. The Morgan fingerprint density at radius 1 is 1.25 bits per heavy atom. The number of primary sulfonamides is 1. The van der Waals surface area contributed by atoms with Crippen molar-refractivity contribution in [3.8, 4) is 5.75 Å². The summed E-state index contributed by atoms with van der Waals surface area (Å²) < 4.78 is 55.8. The van der Waals surface area contributed by atoms with Gasteiger partial charge in [-0.1, -0.05) is 12.1 Å². The summed E-state index contributed by atoms with van der Waals surface area (Å²) in [5, 5.41) is 6.30. The van der Waals surface area contributed by atoms with Gasteiger partial charge in [-0.3, -0.25) is 0 Å². The number of nitrogens with two attached hydrogens (primary N) is 1. The maximum absolute atomic E-state index is 12.1. The molecule has 2 rings (SSSR count). The van der Waals surface area contributed by atoms with Crippen molar-refractivity contribution in [3.63, 3.8) is 0 Å². The number of thiophene rings is 1. The number of halogens is 2. The molecule has 1 heterocycles. The number of alkyl halides is 2. The fraction of sp³-hybridized carbons (Fsp3) is 0.214. The van der Waals surface area contributed by atoms with Crippen molar-refractivity contribution in [1.29, 1.82) is 0 Å². The van der Waals surface area contributed by atoms with Crippen molar-refractivity contribution in [1.82, 2.24) is 0 Å². The molecule has 0 aliphatic rings. The summed E-state index contributed by atoms with van der Waals surface area (Å²) >= 11 is 0.814. The molecule has 1 atom stereocenters. The highest BCUT2D eigenvalue weighted by Crippen LogP contribution is 2.24. The predicted octanol–water partition coefficient (Wildman–Crippen LogP) is 2.91. The Kier molecular flexibility index (Phi) is 5.52. The fourth-order valence-electron chi connectivity index (χ4n) is 1.79. The van der Waals surface area contributed by atoms with Crippen LogP contribution in [0.5, 0.6) is 5.75 Å². The molecule has 0 aliphatic carbocycles. The number of hydrogen-bond donors (Lipinski definition) is 1. The molecular formula is C14H13F2NO5S2. The first kappa shape index (κ1) is 18.3. The molecule has 0 saturated carbocycles. The van der Waals surface area contributed by atoms with Crippen LogP contribution in [0.3, 0.4) is 0 Å². The lowest BCUT2D eigenvalue weighted by Gasteiger charge is -2.13. The lowest BCUT2D eigenvalue weighted by atomic mass is 10.1. The standard InChI is InChI=1S/C14H13F2NO5S2/c1-8(9-2-4-11(5-3-9)22-14(15)16)21-13(18)10-6-12(23-7-10)24(17,19)20/h2-8,14H,1H3,(H2,17,19,20)/t8-/m0/s1. The molecule has 0 fully saturated rings. The number of hydrogen-bond acceptors (Lipinski definition) is 6. The third kappa shape index (κ3) is 4.73. The zero-order chi connectivity index (χ0) is 17.9. The van der Waals surface area contributed by atoms with Gasteiger partial charge in [0.05, 0.1) is 5.56 Å². The van der Waals surface area contributed by atoms with Gasteiger partial charge in [0.15, 0.2) is 0 Å². The average Bonchev–Trinajstić information content (AvgIpc) is 2.97. The molecule has 2 aromatic rings. The maximum atomic E-state index is 12.1. The average molecular weight is 377 g/mol. The van der Waals surface area contributed by atoms with Gasteiger partial charge in [0.25, 0.3) is 0 Å². The lowest BCUT2D eigenvalue weighted by Crippen LogP contribution is -2.11. The van der Waals surface area contributed by atoms with Gasteiger partial charge in [-0.15, -0.1) is 11.3 Å².